The molecular weight excluding hydrogens is 1590 g/mol. The Kier molecular flexibility index (Phi) is 68.1. The number of ether oxygens (including phenoxy) is 6. The zero-order valence-corrected chi connectivity index (χ0v) is 84.4. The maximum absolute atomic E-state index is 6.93. The Hall–Kier alpha value is -7.16. The molecule has 0 fully saturated rings. The highest BCUT2D eigenvalue weighted by Crippen LogP contribution is 2.35. The van der Waals surface area contributed by atoms with E-state index in [0.29, 0.717) is 26.4 Å². The van der Waals surface area contributed by atoms with E-state index >= 15 is 0 Å². The summed E-state index contributed by atoms with van der Waals surface area (Å²) >= 11 is 1.71. The molecule has 0 aliphatic heterocycles. The van der Waals surface area contributed by atoms with E-state index in [1.807, 2.05) is 0 Å². The van der Waals surface area contributed by atoms with Crippen molar-refractivity contribution in [3.05, 3.63) is 163 Å². The third-order valence-electron chi connectivity index (χ3n) is 25.5. The highest BCUT2D eigenvalue weighted by molar-refractivity contribution is 7.13. The third-order valence-corrected chi connectivity index (χ3v) is 26.5. The van der Waals surface area contributed by atoms with Crippen molar-refractivity contribution in [2.75, 3.05) is 39.6 Å². The number of hydrogen-bond acceptors (Lipinski definition) is 7. The number of hydrogen-bond donors (Lipinski definition) is 0. The molecule has 5 aromatic carbocycles. The summed E-state index contributed by atoms with van der Waals surface area (Å²) in [5, 5.41) is 0. The van der Waals surface area contributed by atoms with Gasteiger partial charge >= 0.3 is 0 Å². The van der Waals surface area contributed by atoms with E-state index in [1.54, 1.807) is 11.3 Å². The van der Waals surface area contributed by atoms with Crippen LogP contribution < -0.4 is 28.4 Å². The number of aryl methyl sites for hydroxylation is 2. The molecule has 0 amide bonds. The molecule has 0 atom stereocenters. The van der Waals surface area contributed by atoms with Gasteiger partial charge in [-0.2, -0.15) is 0 Å². The second-order valence-corrected chi connectivity index (χ2v) is 38.6. The first kappa shape index (κ1) is 111. The molecule has 0 unspecified atom stereocenters. The fourth-order valence-corrected chi connectivity index (χ4v) is 18.2. The molecule has 0 saturated carbocycles. The molecule has 6 aromatic rings. The Balaban J connectivity index is 1.30. The standard InChI is InChI=1S/C122H184O6S/c1-7-13-19-25-31-37-43-51-59-73-93-123-115-99-109(100-116(106-115)124-94-74-60-52-44-38-32-26-20-14-8-2)83-67-57-49-50-58-72-84-114-101-117(91-89-112-104-118(125-95-75-61-53-45-39-33-27-21-15-9-3)110(87-85-107-79-68-65-69-80-107)102-120(112)127-97-77-63-55-47-41-35-29-23-17-11-5)129-122(114)92-90-113-105-119(126-96-76-62-54-46-40-34-28-22-16-10-4)111(88-86-108-81-70-66-71-82-108)103-121(113)128-98-78-64-56-48-42-36-30-24-18-12-6/h65-66,68-71,79-82,99-106H,7-64,67,72-78,83-84,93-98H2,1-6H3. The molecule has 6 rings (SSSR count). The average molecular weight is 1780 g/mol. The third kappa shape index (κ3) is 56.5. The summed E-state index contributed by atoms with van der Waals surface area (Å²) in [6.45, 7) is 17.8. The van der Waals surface area contributed by atoms with Gasteiger partial charge in [0, 0.05) is 41.5 Å². The van der Waals surface area contributed by atoms with Gasteiger partial charge in [0.15, 0.2) is 0 Å². The van der Waals surface area contributed by atoms with Gasteiger partial charge in [-0.05, 0) is 118 Å². The summed E-state index contributed by atoms with van der Waals surface area (Å²) in [6, 6.07) is 38.3. The van der Waals surface area contributed by atoms with Gasteiger partial charge < -0.3 is 28.4 Å². The zero-order chi connectivity index (χ0) is 90.9. The summed E-state index contributed by atoms with van der Waals surface area (Å²) < 4.78 is 40.6. The Bertz CT molecular complexity index is 3910. The van der Waals surface area contributed by atoms with E-state index in [-0.39, 0.29) is 0 Å². The van der Waals surface area contributed by atoms with Crippen molar-refractivity contribution in [3.8, 4) is 81.9 Å². The predicted octanol–water partition coefficient (Wildman–Crippen LogP) is 37.3. The molecule has 0 aliphatic rings. The molecule has 1 aromatic heterocycles. The van der Waals surface area contributed by atoms with E-state index in [1.165, 1.54) is 351 Å². The van der Waals surface area contributed by atoms with Gasteiger partial charge in [-0.3, -0.25) is 0 Å². The van der Waals surface area contributed by atoms with Gasteiger partial charge in [0.2, 0.25) is 0 Å². The van der Waals surface area contributed by atoms with Crippen LogP contribution in [0.15, 0.2) is 109 Å². The maximum Gasteiger partial charge on any atom is 0.136 e. The lowest BCUT2D eigenvalue weighted by molar-refractivity contribution is 0.289. The summed E-state index contributed by atoms with van der Waals surface area (Å²) in [6.07, 6.45) is 86.0. The van der Waals surface area contributed by atoms with E-state index in [2.05, 4.69) is 198 Å². The molecule has 0 spiro atoms. The van der Waals surface area contributed by atoms with Crippen molar-refractivity contribution in [2.45, 2.75) is 478 Å². The average Bonchev–Trinajstić information content (AvgIpc) is 1.50. The smallest absolute Gasteiger partial charge is 0.136 e. The van der Waals surface area contributed by atoms with Crippen molar-refractivity contribution in [3.63, 3.8) is 0 Å². The lowest BCUT2D eigenvalue weighted by Crippen LogP contribution is -2.03. The largest absolute Gasteiger partial charge is 0.493 e. The summed E-state index contributed by atoms with van der Waals surface area (Å²) in [4.78, 5) is 2.03. The Morgan fingerprint density at radius 2 is 0.434 bits per heavy atom. The number of rotatable bonds is 81. The number of unbranched alkanes of at least 4 members (excludes halogenated alkanes) is 59. The van der Waals surface area contributed by atoms with Crippen molar-refractivity contribution >= 4 is 11.3 Å². The van der Waals surface area contributed by atoms with Crippen molar-refractivity contribution in [1.29, 1.82) is 0 Å². The van der Waals surface area contributed by atoms with Crippen LogP contribution >= 0.6 is 11.3 Å². The monoisotopic (exact) mass is 1780 g/mol. The van der Waals surface area contributed by atoms with Crippen LogP contribution in [0.1, 0.15) is 520 Å². The molecule has 7 heteroatoms. The fourth-order valence-electron chi connectivity index (χ4n) is 17.3. The van der Waals surface area contributed by atoms with Gasteiger partial charge in [-0.25, -0.2) is 0 Å². The summed E-state index contributed by atoms with van der Waals surface area (Å²) in [7, 11) is 0. The fraction of sp³-hybridized carbons (Fsp3) is 0.656. The quantitative estimate of drug-likeness (QED) is 0.0280. The van der Waals surface area contributed by atoms with E-state index in [4.69, 9.17) is 28.4 Å². The second kappa shape index (κ2) is 79.4. The predicted molar refractivity (Wildman–Crippen MR) is 560 cm³/mol. The topological polar surface area (TPSA) is 55.4 Å². The molecule has 0 bridgehead atoms. The van der Waals surface area contributed by atoms with Crippen LogP contribution in [0.3, 0.4) is 0 Å². The van der Waals surface area contributed by atoms with Crippen LogP contribution in [0.5, 0.6) is 34.5 Å². The summed E-state index contributed by atoms with van der Waals surface area (Å²) in [5.41, 5.74) is 7.85. The minimum atomic E-state index is 0.619. The highest BCUT2D eigenvalue weighted by Gasteiger charge is 2.17. The van der Waals surface area contributed by atoms with Crippen LogP contribution in [0.25, 0.3) is 0 Å². The molecule has 714 valence electrons. The van der Waals surface area contributed by atoms with Crippen molar-refractivity contribution in [2.24, 2.45) is 0 Å². The SMILES string of the molecule is CCCCCCCCCCCCOc1cc(CCCCCCCCc2cc(C#Cc3cc(OCCCCCCCCCCCC)c(C#Cc4ccccc4)cc3OCCCCCCCCCCCC)sc2C#Cc2cc(OCCCCCCCCCCCC)c(C#Cc3ccccc3)cc2OCCCCCCCCCCCC)cc(OCCCCCCCCCCCC)c1. The first-order valence-electron chi connectivity index (χ1n) is 54.5. The van der Waals surface area contributed by atoms with Crippen LogP contribution in [0.2, 0.25) is 0 Å². The maximum atomic E-state index is 6.93. The molecule has 6 nitrogen and oxygen atoms in total. The molecule has 0 N–H and O–H groups in total. The molecule has 0 radical (unpaired) electrons. The minimum absolute atomic E-state index is 0.619. The lowest BCUT2D eigenvalue weighted by atomic mass is 10.0. The first-order chi connectivity index (χ1) is 63.9. The van der Waals surface area contributed by atoms with Gasteiger partial charge in [0.1, 0.15) is 34.5 Å². The molecule has 1 heterocycles. The zero-order valence-electron chi connectivity index (χ0n) is 83.6. The normalized spacial score (nSPS) is 11.1. The number of benzene rings is 5. The van der Waals surface area contributed by atoms with Gasteiger partial charge in [-0.1, -0.05) is 498 Å². The summed E-state index contributed by atoms with van der Waals surface area (Å²) in [5.74, 6) is 34.2. The highest BCUT2D eigenvalue weighted by atomic mass is 32.1. The number of thiophene rings is 1. The van der Waals surface area contributed by atoms with Crippen molar-refractivity contribution in [1.82, 2.24) is 0 Å². The molecular formula is C122H184O6S. The van der Waals surface area contributed by atoms with Gasteiger partial charge in [-0.15, -0.1) is 11.3 Å². The van der Waals surface area contributed by atoms with E-state index in [9.17, 15) is 0 Å². The minimum Gasteiger partial charge on any atom is -0.493 e. The lowest BCUT2D eigenvalue weighted by Gasteiger charge is -2.14. The van der Waals surface area contributed by atoms with Gasteiger partial charge in [0.05, 0.1) is 71.6 Å². The second-order valence-electron chi connectivity index (χ2n) is 37.5. The Labute approximate surface area is 797 Å². The van der Waals surface area contributed by atoms with Crippen LogP contribution in [0, 0.1) is 47.4 Å². The van der Waals surface area contributed by atoms with Gasteiger partial charge in [0.25, 0.3) is 0 Å². The molecule has 129 heavy (non-hydrogen) atoms. The Morgan fingerprint density at radius 3 is 0.713 bits per heavy atom. The Morgan fingerprint density at radius 1 is 0.202 bits per heavy atom. The first-order valence-corrected chi connectivity index (χ1v) is 55.3. The van der Waals surface area contributed by atoms with Crippen LogP contribution in [0.4, 0.5) is 0 Å². The van der Waals surface area contributed by atoms with Crippen molar-refractivity contribution < 1.29 is 28.4 Å². The van der Waals surface area contributed by atoms with Crippen LogP contribution in [-0.2, 0) is 12.8 Å². The molecule has 0 saturated heterocycles. The molecule has 0 aliphatic carbocycles. The van der Waals surface area contributed by atoms with Crippen LogP contribution in [-0.4, -0.2) is 39.6 Å². The van der Waals surface area contributed by atoms with E-state index < -0.39 is 0 Å². The van der Waals surface area contributed by atoms with E-state index in [0.717, 1.165) is 187 Å².